The lowest BCUT2D eigenvalue weighted by molar-refractivity contribution is -0.121. The molecule has 1 aromatic carbocycles. The highest BCUT2D eigenvalue weighted by Gasteiger charge is 2.25. The Morgan fingerprint density at radius 2 is 2.03 bits per heavy atom. The molecule has 0 bridgehead atoms. The number of para-hydroxylation sites is 1. The SMILES string of the molecule is CCCc1noc(CCC(=O)NCC(c2ccccc2OC)N2CCCCC2)n1. The van der Waals surface area contributed by atoms with Gasteiger partial charge in [-0.3, -0.25) is 9.69 Å². The van der Waals surface area contributed by atoms with Crippen molar-refractivity contribution in [2.45, 2.75) is 57.9 Å². The quantitative estimate of drug-likeness (QED) is 0.659. The normalized spacial score (nSPS) is 15.8. The van der Waals surface area contributed by atoms with Gasteiger partial charge in [-0.2, -0.15) is 4.98 Å². The Kier molecular flexibility index (Phi) is 8.04. The highest BCUT2D eigenvalue weighted by Crippen LogP contribution is 2.30. The van der Waals surface area contributed by atoms with E-state index in [-0.39, 0.29) is 11.9 Å². The maximum atomic E-state index is 12.5. The predicted molar refractivity (Wildman–Crippen MR) is 111 cm³/mol. The van der Waals surface area contributed by atoms with Gasteiger partial charge in [-0.25, -0.2) is 0 Å². The highest BCUT2D eigenvalue weighted by molar-refractivity contribution is 5.76. The van der Waals surface area contributed by atoms with Crippen LogP contribution >= 0.6 is 0 Å². The van der Waals surface area contributed by atoms with Gasteiger partial charge in [-0.05, 0) is 38.4 Å². The maximum Gasteiger partial charge on any atom is 0.227 e. The molecule has 1 aromatic heterocycles. The summed E-state index contributed by atoms with van der Waals surface area (Å²) >= 11 is 0. The molecule has 2 heterocycles. The summed E-state index contributed by atoms with van der Waals surface area (Å²) in [6.45, 7) is 4.72. The summed E-state index contributed by atoms with van der Waals surface area (Å²) in [6, 6.07) is 8.19. The van der Waals surface area contributed by atoms with E-state index in [1.54, 1.807) is 7.11 Å². The molecule has 2 aromatic rings. The Bertz CT molecular complexity index is 771. The van der Waals surface area contributed by atoms with E-state index >= 15 is 0 Å². The second-order valence-electron chi connectivity index (χ2n) is 7.51. The molecule has 7 heteroatoms. The van der Waals surface area contributed by atoms with Crippen molar-refractivity contribution >= 4 is 5.91 Å². The molecule has 1 fully saturated rings. The summed E-state index contributed by atoms with van der Waals surface area (Å²) in [4.78, 5) is 19.3. The van der Waals surface area contributed by atoms with Crippen LogP contribution in [0.2, 0.25) is 0 Å². The Hall–Kier alpha value is -2.41. The molecule has 0 radical (unpaired) electrons. The number of aromatic nitrogens is 2. The molecular weight excluding hydrogens is 368 g/mol. The topological polar surface area (TPSA) is 80.5 Å². The number of carbonyl (C=O) groups is 1. The number of ether oxygens (including phenoxy) is 1. The van der Waals surface area contributed by atoms with Gasteiger partial charge in [0.15, 0.2) is 5.82 Å². The first kappa shape index (κ1) is 21.3. The third kappa shape index (κ3) is 6.03. The molecule has 29 heavy (non-hydrogen) atoms. The van der Waals surface area contributed by atoms with Crippen molar-refractivity contribution in [2.24, 2.45) is 0 Å². The minimum atomic E-state index is -0.00264. The summed E-state index contributed by atoms with van der Waals surface area (Å²) in [6.07, 6.45) is 6.23. The molecule has 158 valence electrons. The fraction of sp³-hybridized carbons (Fsp3) is 0.591. The summed E-state index contributed by atoms with van der Waals surface area (Å²) in [5.74, 6) is 2.11. The number of methoxy groups -OCH3 is 1. The molecule has 3 rings (SSSR count). The third-order valence-corrected chi connectivity index (χ3v) is 5.37. The Morgan fingerprint density at radius 1 is 1.24 bits per heavy atom. The highest BCUT2D eigenvalue weighted by atomic mass is 16.5. The second kappa shape index (κ2) is 11.0. The number of likely N-dealkylation sites (tertiary alicyclic amines) is 1. The minimum Gasteiger partial charge on any atom is -0.496 e. The number of aryl methyl sites for hydroxylation is 2. The third-order valence-electron chi connectivity index (χ3n) is 5.37. The van der Waals surface area contributed by atoms with Crippen LogP contribution in [0, 0.1) is 0 Å². The first-order chi connectivity index (χ1) is 14.2. The molecule has 1 aliphatic heterocycles. The predicted octanol–water partition coefficient (Wildman–Crippen LogP) is 3.31. The average molecular weight is 401 g/mol. The van der Waals surface area contributed by atoms with Gasteiger partial charge >= 0.3 is 0 Å². The van der Waals surface area contributed by atoms with E-state index < -0.39 is 0 Å². The van der Waals surface area contributed by atoms with Crippen LogP contribution in [0.15, 0.2) is 28.8 Å². The van der Waals surface area contributed by atoms with E-state index in [1.165, 1.54) is 19.3 Å². The van der Waals surface area contributed by atoms with E-state index in [9.17, 15) is 4.79 Å². The zero-order valence-corrected chi connectivity index (χ0v) is 17.5. The van der Waals surface area contributed by atoms with Crippen LogP contribution < -0.4 is 10.1 Å². The lowest BCUT2D eigenvalue weighted by atomic mass is 10.0. The van der Waals surface area contributed by atoms with Crippen molar-refractivity contribution in [3.05, 3.63) is 41.5 Å². The van der Waals surface area contributed by atoms with Crippen LogP contribution in [0.25, 0.3) is 0 Å². The lowest BCUT2D eigenvalue weighted by Gasteiger charge is -2.35. The average Bonchev–Trinajstić information content (AvgIpc) is 3.21. The van der Waals surface area contributed by atoms with E-state index in [0.29, 0.717) is 31.1 Å². The molecule has 1 aliphatic rings. The second-order valence-corrected chi connectivity index (χ2v) is 7.51. The van der Waals surface area contributed by atoms with Gasteiger partial charge in [-0.15, -0.1) is 0 Å². The van der Waals surface area contributed by atoms with E-state index in [2.05, 4.69) is 33.3 Å². The lowest BCUT2D eigenvalue weighted by Crippen LogP contribution is -2.40. The van der Waals surface area contributed by atoms with Crippen molar-refractivity contribution < 1.29 is 14.1 Å². The fourth-order valence-electron chi connectivity index (χ4n) is 3.84. The summed E-state index contributed by atoms with van der Waals surface area (Å²) < 4.78 is 10.8. The number of carbonyl (C=O) groups excluding carboxylic acids is 1. The summed E-state index contributed by atoms with van der Waals surface area (Å²) in [5, 5.41) is 7.05. The molecular formula is C22H32N4O3. The Morgan fingerprint density at radius 3 is 2.79 bits per heavy atom. The number of nitrogens with zero attached hydrogens (tertiary/aromatic N) is 3. The van der Waals surface area contributed by atoms with Crippen LogP contribution in [0.1, 0.15) is 62.3 Å². The standard InChI is InChI=1S/C22H32N4O3/c1-3-9-20-24-22(29-25-20)13-12-21(27)23-16-18(26-14-7-4-8-15-26)17-10-5-6-11-19(17)28-2/h5-6,10-11,18H,3-4,7-9,12-16H2,1-2H3,(H,23,27). The van der Waals surface area contributed by atoms with Crippen LogP contribution in [-0.2, 0) is 17.6 Å². The van der Waals surface area contributed by atoms with Gasteiger partial charge in [-0.1, -0.05) is 36.7 Å². The monoisotopic (exact) mass is 400 g/mol. The Balaban J connectivity index is 1.59. The van der Waals surface area contributed by atoms with Crippen molar-refractivity contribution in [1.29, 1.82) is 0 Å². The molecule has 7 nitrogen and oxygen atoms in total. The van der Waals surface area contributed by atoms with Gasteiger partial charge in [0.25, 0.3) is 0 Å². The molecule has 1 unspecified atom stereocenters. The van der Waals surface area contributed by atoms with E-state index in [4.69, 9.17) is 9.26 Å². The largest absolute Gasteiger partial charge is 0.496 e. The number of hydrogen-bond acceptors (Lipinski definition) is 6. The van der Waals surface area contributed by atoms with Gasteiger partial charge in [0.05, 0.1) is 13.2 Å². The number of rotatable bonds is 10. The van der Waals surface area contributed by atoms with Crippen LogP contribution in [-0.4, -0.2) is 47.7 Å². The molecule has 1 atom stereocenters. The molecule has 1 N–H and O–H groups in total. The molecule has 0 aliphatic carbocycles. The van der Waals surface area contributed by atoms with Crippen molar-refractivity contribution in [2.75, 3.05) is 26.7 Å². The van der Waals surface area contributed by atoms with Crippen molar-refractivity contribution in [3.63, 3.8) is 0 Å². The van der Waals surface area contributed by atoms with Crippen molar-refractivity contribution in [3.8, 4) is 5.75 Å². The van der Waals surface area contributed by atoms with Crippen LogP contribution in [0.3, 0.4) is 0 Å². The van der Waals surface area contributed by atoms with Crippen molar-refractivity contribution in [1.82, 2.24) is 20.4 Å². The summed E-state index contributed by atoms with van der Waals surface area (Å²) in [5.41, 5.74) is 1.12. The first-order valence-electron chi connectivity index (χ1n) is 10.7. The zero-order valence-electron chi connectivity index (χ0n) is 17.5. The van der Waals surface area contributed by atoms with Gasteiger partial charge in [0.2, 0.25) is 11.8 Å². The number of nitrogens with one attached hydrogen (secondary N) is 1. The smallest absolute Gasteiger partial charge is 0.227 e. The number of benzene rings is 1. The molecule has 1 amide bonds. The fourth-order valence-corrected chi connectivity index (χ4v) is 3.84. The zero-order chi connectivity index (χ0) is 20.5. The molecule has 0 spiro atoms. The molecule has 0 saturated carbocycles. The van der Waals surface area contributed by atoms with Crippen LogP contribution in [0.5, 0.6) is 5.75 Å². The van der Waals surface area contributed by atoms with Gasteiger partial charge < -0.3 is 14.6 Å². The van der Waals surface area contributed by atoms with Gasteiger partial charge in [0.1, 0.15) is 5.75 Å². The maximum absolute atomic E-state index is 12.5. The number of piperidine rings is 1. The van der Waals surface area contributed by atoms with E-state index in [0.717, 1.165) is 37.2 Å². The van der Waals surface area contributed by atoms with E-state index in [1.807, 2.05) is 18.2 Å². The number of hydrogen-bond donors (Lipinski definition) is 1. The van der Waals surface area contributed by atoms with Crippen LogP contribution in [0.4, 0.5) is 0 Å². The first-order valence-corrected chi connectivity index (χ1v) is 10.7. The minimum absolute atomic E-state index is 0.00264. The number of amides is 1. The molecule has 1 saturated heterocycles. The summed E-state index contributed by atoms with van der Waals surface area (Å²) in [7, 11) is 1.70. The Labute approximate surface area is 172 Å². The van der Waals surface area contributed by atoms with Gasteiger partial charge in [0, 0.05) is 31.4 Å².